The third-order valence-corrected chi connectivity index (χ3v) is 6.26. The summed E-state index contributed by atoms with van der Waals surface area (Å²) in [6.07, 6.45) is 0. The molecular weight excluding hydrogens is 444 g/mol. The first-order valence-electron chi connectivity index (χ1n) is 9.97. The molecular formula is C23H22N4O3S2. The molecule has 1 amide bonds. The van der Waals surface area contributed by atoms with Crippen LogP contribution in [0.1, 0.15) is 6.92 Å². The number of rotatable bonds is 9. The van der Waals surface area contributed by atoms with E-state index in [4.69, 9.17) is 9.47 Å². The van der Waals surface area contributed by atoms with Crippen LogP contribution in [0, 0.1) is 0 Å². The van der Waals surface area contributed by atoms with Gasteiger partial charge in [-0.25, -0.2) is 0 Å². The number of ether oxygens (including phenoxy) is 2. The fourth-order valence-corrected chi connectivity index (χ4v) is 4.50. The summed E-state index contributed by atoms with van der Waals surface area (Å²) in [6.45, 7) is 2.56. The normalized spacial score (nSPS) is 10.7. The number of benzene rings is 2. The molecule has 4 aromatic rings. The molecule has 0 fully saturated rings. The van der Waals surface area contributed by atoms with Crippen LogP contribution in [0.5, 0.6) is 11.5 Å². The molecule has 0 saturated carbocycles. The van der Waals surface area contributed by atoms with Crippen LogP contribution in [-0.2, 0) is 4.79 Å². The summed E-state index contributed by atoms with van der Waals surface area (Å²) in [5.74, 6) is 2.28. The van der Waals surface area contributed by atoms with E-state index in [-0.39, 0.29) is 11.7 Å². The number of carbonyl (C=O) groups excluding carboxylic acids is 1. The Morgan fingerprint density at radius 3 is 2.66 bits per heavy atom. The van der Waals surface area contributed by atoms with E-state index >= 15 is 0 Å². The van der Waals surface area contributed by atoms with Gasteiger partial charge in [-0.15, -0.1) is 21.5 Å². The largest absolute Gasteiger partial charge is 0.497 e. The van der Waals surface area contributed by atoms with Crippen LogP contribution in [0.2, 0.25) is 0 Å². The van der Waals surface area contributed by atoms with Gasteiger partial charge in [0.2, 0.25) is 5.91 Å². The fraction of sp³-hybridized carbons (Fsp3) is 0.174. The molecule has 9 heteroatoms. The van der Waals surface area contributed by atoms with Crippen LogP contribution in [0.15, 0.2) is 71.2 Å². The van der Waals surface area contributed by atoms with Crippen molar-refractivity contribution in [3.63, 3.8) is 0 Å². The molecule has 2 aromatic heterocycles. The maximum absolute atomic E-state index is 12.5. The van der Waals surface area contributed by atoms with E-state index in [2.05, 4.69) is 15.5 Å². The lowest BCUT2D eigenvalue weighted by molar-refractivity contribution is -0.113. The van der Waals surface area contributed by atoms with Gasteiger partial charge in [0.15, 0.2) is 11.0 Å². The summed E-state index contributed by atoms with van der Waals surface area (Å²) in [7, 11) is 1.59. The summed E-state index contributed by atoms with van der Waals surface area (Å²) < 4.78 is 12.7. The SMILES string of the molecule is CCOc1ccc(-n2c(SCC(=O)Nc3cccc(OC)c3)nnc2-c2cccs2)cc1. The molecule has 2 aromatic carbocycles. The lowest BCUT2D eigenvalue weighted by Crippen LogP contribution is -2.14. The topological polar surface area (TPSA) is 78.3 Å². The van der Waals surface area contributed by atoms with Gasteiger partial charge in [0.1, 0.15) is 11.5 Å². The average Bonchev–Trinajstić information content (AvgIpc) is 3.48. The maximum atomic E-state index is 12.5. The first kappa shape index (κ1) is 21.9. The summed E-state index contributed by atoms with van der Waals surface area (Å²) in [6, 6.07) is 19.0. The minimum absolute atomic E-state index is 0.137. The Kier molecular flexibility index (Phi) is 7.08. The number of hydrogen-bond donors (Lipinski definition) is 1. The van der Waals surface area contributed by atoms with E-state index in [0.717, 1.165) is 22.1 Å². The molecule has 7 nitrogen and oxygen atoms in total. The second kappa shape index (κ2) is 10.3. The minimum Gasteiger partial charge on any atom is -0.497 e. The lowest BCUT2D eigenvalue weighted by atomic mass is 10.3. The van der Waals surface area contributed by atoms with E-state index < -0.39 is 0 Å². The number of aromatic nitrogens is 3. The monoisotopic (exact) mass is 466 g/mol. The average molecular weight is 467 g/mol. The zero-order valence-corrected chi connectivity index (χ0v) is 19.3. The molecule has 1 N–H and O–H groups in total. The van der Waals surface area contributed by atoms with Gasteiger partial charge in [-0.05, 0) is 54.8 Å². The van der Waals surface area contributed by atoms with Crippen LogP contribution in [0.4, 0.5) is 5.69 Å². The number of amides is 1. The van der Waals surface area contributed by atoms with Crippen molar-refractivity contribution in [1.82, 2.24) is 14.8 Å². The standard InChI is InChI=1S/C23H22N4O3S2/c1-3-30-18-11-9-17(10-12-18)27-22(20-8-5-13-31-20)25-26-23(27)32-15-21(28)24-16-6-4-7-19(14-16)29-2/h4-14H,3,15H2,1-2H3,(H,24,28). The van der Waals surface area contributed by atoms with Gasteiger partial charge in [-0.2, -0.15) is 0 Å². The summed E-state index contributed by atoms with van der Waals surface area (Å²) >= 11 is 2.92. The summed E-state index contributed by atoms with van der Waals surface area (Å²) in [5.41, 5.74) is 1.58. The smallest absolute Gasteiger partial charge is 0.234 e. The van der Waals surface area contributed by atoms with Crippen molar-refractivity contribution in [1.29, 1.82) is 0 Å². The molecule has 0 radical (unpaired) electrons. The Labute approximate surface area is 194 Å². The van der Waals surface area contributed by atoms with Crippen molar-refractivity contribution in [3.05, 3.63) is 66.0 Å². The third kappa shape index (κ3) is 5.12. The van der Waals surface area contributed by atoms with E-state index in [1.165, 1.54) is 11.8 Å². The van der Waals surface area contributed by atoms with Crippen molar-refractivity contribution in [2.75, 3.05) is 24.8 Å². The number of nitrogens with zero attached hydrogens (tertiary/aromatic N) is 3. The number of carbonyl (C=O) groups is 1. The summed E-state index contributed by atoms with van der Waals surface area (Å²) in [5, 5.41) is 14.3. The van der Waals surface area contributed by atoms with Crippen LogP contribution >= 0.6 is 23.1 Å². The maximum Gasteiger partial charge on any atom is 0.234 e. The van der Waals surface area contributed by atoms with Crippen molar-refractivity contribution in [3.8, 4) is 27.9 Å². The highest BCUT2D eigenvalue weighted by Gasteiger charge is 2.18. The van der Waals surface area contributed by atoms with Crippen molar-refractivity contribution < 1.29 is 14.3 Å². The molecule has 0 aliphatic carbocycles. The molecule has 164 valence electrons. The molecule has 0 unspecified atom stereocenters. The molecule has 32 heavy (non-hydrogen) atoms. The third-order valence-electron chi connectivity index (χ3n) is 4.47. The van der Waals surface area contributed by atoms with Gasteiger partial charge in [-0.3, -0.25) is 9.36 Å². The van der Waals surface area contributed by atoms with Gasteiger partial charge in [-0.1, -0.05) is 23.9 Å². The molecule has 0 atom stereocenters. The van der Waals surface area contributed by atoms with E-state index in [1.54, 1.807) is 24.5 Å². The van der Waals surface area contributed by atoms with Crippen LogP contribution in [-0.4, -0.2) is 40.1 Å². The van der Waals surface area contributed by atoms with Crippen LogP contribution in [0.3, 0.4) is 0 Å². The van der Waals surface area contributed by atoms with E-state index in [1.807, 2.05) is 71.5 Å². The van der Waals surface area contributed by atoms with Crippen LogP contribution in [0.25, 0.3) is 16.4 Å². The molecule has 0 aliphatic heterocycles. The highest BCUT2D eigenvalue weighted by atomic mass is 32.2. The van der Waals surface area contributed by atoms with Crippen molar-refractivity contribution >= 4 is 34.7 Å². The summed E-state index contributed by atoms with van der Waals surface area (Å²) in [4.78, 5) is 13.5. The molecule has 4 rings (SSSR count). The molecule has 0 spiro atoms. The van der Waals surface area contributed by atoms with E-state index in [9.17, 15) is 4.79 Å². The highest BCUT2D eigenvalue weighted by Crippen LogP contribution is 2.31. The highest BCUT2D eigenvalue weighted by molar-refractivity contribution is 7.99. The molecule has 0 aliphatic rings. The lowest BCUT2D eigenvalue weighted by Gasteiger charge is -2.11. The zero-order valence-electron chi connectivity index (χ0n) is 17.6. The van der Waals surface area contributed by atoms with Gasteiger partial charge >= 0.3 is 0 Å². The second-order valence-corrected chi connectivity index (χ2v) is 8.50. The predicted octanol–water partition coefficient (Wildman–Crippen LogP) is 5.13. The molecule has 0 saturated heterocycles. The number of thiophene rings is 1. The Bertz CT molecular complexity index is 1170. The zero-order chi connectivity index (χ0) is 22.3. The van der Waals surface area contributed by atoms with Crippen molar-refractivity contribution in [2.45, 2.75) is 12.1 Å². The van der Waals surface area contributed by atoms with Gasteiger partial charge in [0, 0.05) is 11.8 Å². The number of thioether (sulfide) groups is 1. The van der Waals surface area contributed by atoms with Gasteiger partial charge in [0.05, 0.1) is 30.0 Å². The Balaban J connectivity index is 1.55. The van der Waals surface area contributed by atoms with E-state index in [0.29, 0.717) is 23.2 Å². The van der Waals surface area contributed by atoms with Gasteiger partial charge < -0.3 is 14.8 Å². The first-order chi connectivity index (χ1) is 15.7. The number of nitrogens with one attached hydrogen (secondary N) is 1. The predicted molar refractivity (Wildman–Crippen MR) is 128 cm³/mol. The van der Waals surface area contributed by atoms with Crippen LogP contribution < -0.4 is 14.8 Å². The second-order valence-electron chi connectivity index (χ2n) is 6.61. The number of anilines is 1. The fourth-order valence-electron chi connectivity index (χ4n) is 3.05. The quantitative estimate of drug-likeness (QED) is 0.345. The minimum atomic E-state index is -0.137. The Morgan fingerprint density at radius 2 is 1.94 bits per heavy atom. The molecule has 0 bridgehead atoms. The Morgan fingerprint density at radius 1 is 1.09 bits per heavy atom. The van der Waals surface area contributed by atoms with Gasteiger partial charge in [0.25, 0.3) is 0 Å². The first-order valence-corrected chi connectivity index (χ1v) is 11.8. The molecule has 2 heterocycles. The van der Waals surface area contributed by atoms with Crippen molar-refractivity contribution in [2.24, 2.45) is 0 Å². The Hall–Kier alpha value is -3.30. The number of hydrogen-bond acceptors (Lipinski definition) is 7. The number of methoxy groups -OCH3 is 1.